The molecule has 0 aromatic carbocycles. The van der Waals surface area contributed by atoms with Gasteiger partial charge in [0.2, 0.25) is 0 Å². The van der Waals surface area contributed by atoms with E-state index in [-0.39, 0.29) is 47.4 Å². The fraction of sp³-hybridized carbons (Fsp3) is 0.714. The maximum Gasteiger partial charge on any atom is 0.194 e. The number of sulfone groups is 1. The monoisotopic (exact) mass is 456 g/mol. The minimum absolute atomic E-state index is 0. The highest BCUT2D eigenvalue weighted by Gasteiger charge is 2.27. The summed E-state index contributed by atoms with van der Waals surface area (Å²) in [6.07, 6.45) is 2.24. The van der Waals surface area contributed by atoms with Gasteiger partial charge in [-0.3, -0.25) is 4.99 Å². The summed E-state index contributed by atoms with van der Waals surface area (Å²) in [6, 6.07) is 2.05. The summed E-state index contributed by atoms with van der Waals surface area (Å²) in [7, 11) is -0.928. The fourth-order valence-electron chi connectivity index (χ4n) is 2.40. The number of halogens is 1. The molecule has 2 rings (SSSR count). The molecule has 0 saturated carbocycles. The molecule has 23 heavy (non-hydrogen) atoms. The lowest BCUT2D eigenvalue weighted by molar-refractivity contribution is 0.389. The third-order valence-electron chi connectivity index (χ3n) is 3.50. The summed E-state index contributed by atoms with van der Waals surface area (Å²) in [5, 5.41) is 7.20. The molecule has 132 valence electrons. The topological polar surface area (TPSA) is 87.8 Å². The molecular weight excluding hydrogens is 431 g/mol. The molecule has 1 fully saturated rings. The van der Waals surface area contributed by atoms with Crippen molar-refractivity contribution in [1.29, 1.82) is 0 Å². The van der Waals surface area contributed by atoms with Crippen molar-refractivity contribution in [3.63, 3.8) is 0 Å². The number of aliphatic imine (C=N–C) groups is 1. The third-order valence-corrected chi connectivity index (χ3v) is 5.33. The zero-order valence-electron chi connectivity index (χ0n) is 13.7. The molecule has 1 atom stereocenters. The average molecular weight is 456 g/mol. The van der Waals surface area contributed by atoms with Crippen molar-refractivity contribution in [2.24, 2.45) is 10.9 Å². The zero-order chi connectivity index (χ0) is 16.2. The van der Waals surface area contributed by atoms with E-state index in [0.29, 0.717) is 19.5 Å². The van der Waals surface area contributed by atoms with Crippen molar-refractivity contribution < 1.29 is 12.9 Å². The van der Waals surface area contributed by atoms with Gasteiger partial charge in [0.25, 0.3) is 0 Å². The van der Waals surface area contributed by atoms with Crippen LogP contribution in [0.15, 0.2) is 21.8 Å². The van der Waals surface area contributed by atoms with Gasteiger partial charge in [0.1, 0.15) is 12.0 Å². The predicted molar refractivity (Wildman–Crippen MR) is 101 cm³/mol. The van der Waals surface area contributed by atoms with Crippen LogP contribution in [0.1, 0.15) is 26.0 Å². The van der Waals surface area contributed by atoms with Crippen LogP contribution >= 0.6 is 24.0 Å². The second-order valence-corrected chi connectivity index (χ2v) is 8.31. The van der Waals surface area contributed by atoms with Crippen molar-refractivity contribution in [3.05, 3.63) is 18.0 Å². The standard InChI is InChI=1S/C14H24N4O3S.HI/c1-11(2)16-14(18(3)9-13-4-6-21-17-13)15-8-12-5-7-22(19,20)10-12;/h4,6,11-12H,5,7-10H2,1-3H3,(H,15,16);1H. The molecule has 7 nitrogen and oxygen atoms in total. The number of nitrogens with one attached hydrogen (secondary N) is 1. The highest BCUT2D eigenvalue weighted by atomic mass is 127. The van der Waals surface area contributed by atoms with Crippen LogP contribution in [0.4, 0.5) is 0 Å². The van der Waals surface area contributed by atoms with E-state index in [1.807, 2.05) is 31.9 Å². The average Bonchev–Trinajstić information content (AvgIpc) is 3.03. The molecule has 0 radical (unpaired) electrons. The highest BCUT2D eigenvalue weighted by molar-refractivity contribution is 14.0. The van der Waals surface area contributed by atoms with Gasteiger partial charge in [-0.15, -0.1) is 24.0 Å². The summed E-state index contributed by atoms with van der Waals surface area (Å²) < 4.78 is 27.9. The molecular formula is C14H25IN4O3S. The van der Waals surface area contributed by atoms with Crippen molar-refractivity contribution in [2.75, 3.05) is 25.1 Å². The van der Waals surface area contributed by atoms with Crippen LogP contribution in [0.2, 0.25) is 0 Å². The van der Waals surface area contributed by atoms with E-state index >= 15 is 0 Å². The van der Waals surface area contributed by atoms with E-state index < -0.39 is 9.84 Å². The SMILES string of the molecule is CC(C)NC(=NCC1CCS(=O)(=O)C1)N(C)Cc1ccon1.I. The lowest BCUT2D eigenvalue weighted by Crippen LogP contribution is -2.42. The molecule has 0 aliphatic carbocycles. The first kappa shape index (κ1) is 20.2. The van der Waals surface area contributed by atoms with Crippen LogP contribution in [0, 0.1) is 5.92 Å². The molecule has 1 N–H and O–H groups in total. The van der Waals surface area contributed by atoms with E-state index in [9.17, 15) is 8.42 Å². The van der Waals surface area contributed by atoms with Crippen molar-refractivity contribution in [1.82, 2.24) is 15.4 Å². The minimum atomic E-state index is -2.85. The van der Waals surface area contributed by atoms with Crippen LogP contribution in [0.3, 0.4) is 0 Å². The molecule has 0 amide bonds. The Bertz CT molecular complexity index is 602. The zero-order valence-corrected chi connectivity index (χ0v) is 16.9. The molecule has 1 aliphatic heterocycles. The second kappa shape index (κ2) is 8.86. The van der Waals surface area contributed by atoms with Gasteiger partial charge < -0.3 is 14.7 Å². The number of hydrogen-bond acceptors (Lipinski definition) is 5. The number of rotatable bonds is 5. The first-order valence-electron chi connectivity index (χ1n) is 7.47. The Kier molecular flexibility index (Phi) is 7.78. The molecule has 1 unspecified atom stereocenters. The molecule has 1 aliphatic rings. The first-order valence-corrected chi connectivity index (χ1v) is 9.29. The number of nitrogens with zero attached hydrogens (tertiary/aromatic N) is 3. The largest absolute Gasteiger partial charge is 0.364 e. The minimum Gasteiger partial charge on any atom is -0.364 e. The van der Waals surface area contributed by atoms with Gasteiger partial charge in [-0.2, -0.15) is 0 Å². The smallest absolute Gasteiger partial charge is 0.194 e. The van der Waals surface area contributed by atoms with Gasteiger partial charge in [-0.1, -0.05) is 5.16 Å². The normalized spacial score (nSPS) is 20.3. The molecule has 1 saturated heterocycles. The van der Waals surface area contributed by atoms with Gasteiger partial charge in [0.05, 0.1) is 18.1 Å². The Hall–Kier alpha value is -0.840. The van der Waals surface area contributed by atoms with Crippen molar-refractivity contribution >= 4 is 39.8 Å². The summed E-state index contributed by atoms with van der Waals surface area (Å²) >= 11 is 0. The van der Waals surface area contributed by atoms with Crippen LogP contribution in [-0.2, 0) is 16.4 Å². The second-order valence-electron chi connectivity index (χ2n) is 6.08. The van der Waals surface area contributed by atoms with Gasteiger partial charge in [-0.25, -0.2) is 8.42 Å². The van der Waals surface area contributed by atoms with Gasteiger partial charge in [-0.05, 0) is 26.2 Å². The lowest BCUT2D eigenvalue weighted by Gasteiger charge is -2.23. The van der Waals surface area contributed by atoms with Gasteiger partial charge in [0, 0.05) is 25.7 Å². The Labute approximate surface area is 154 Å². The fourth-order valence-corrected chi connectivity index (χ4v) is 4.25. The summed E-state index contributed by atoms with van der Waals surface area (Å²) in [5.41, 5.74) is 0.823. The Balaban J connectivity index is 0.00000264. The molecule has 9 heteroatoms. The van der Waals surface area contributed by atoms with Crippen LogP contribution in [-0.4, -0.2) is 55.6 Å². The predicted octanol–water partition coefficient (Wildman–Crippen LogP) is 1.51. The van der Waals surface area contributed by atoms with E-state index in [2.05, 4.69) is 15.5 Å². The van der Waals surface area contributed by atoms with Crippen molar-refractivity contribution in [3.8, 4) is 0 Å². The molecule has 1 aromatic rings. The van der Waals surface area contributed by atoms with E-state index in [0.717, 1.165) is 11.7 Å². The summed E-state index contributed by atoms with van der Waals surface area (Å²) in [4.78, 5) is 6.56. The molecule has 0 spiro atoms. The first-order chi connectivity index (χ1) is 10.4. The van der Waals surface area contributed by atoms with E-state index in [1.54, 1.807) is 6.26 Å². The highest BCUT2D eigenvalue weighted by Crippen LogP contribution is 2.18. The summed E-state index contributed by atoms with van der Waals surface area (Å²) in [6.45, 7) is 5.19. The molecule has 0 bridgehead atoms. The Morgan fingerprint density at radius 3 is 2.83 bits per heavy atom. The third kappa shape index (κ3) is 6.66. The Morgan fingerprint density at radius 2 is 2.30 bits per heavy atom. The maximum atomic E-state index is 11.5. The lowest BCUT2D eigenvalue weighted by atomic mass is 10.1. The van der Waals surface area contributed by atoms with E-state index in [1.165, 1.54) is 0 Å². The quantitative estimate of drug-likeness (QED) is 0.411. The van der Waals surface area contributed by atoms with E-state index in [4.69, 9.17) is 4.52 Å². The van der Waals surface area contributed by atoms with Crippen molar-refractivity contribution in [2.45, 2.75) is 32.9 Å². The Morgan fingerprint density at radius 1 is 1.57 bits per heavy atom. The number of aromatic nitrogens is 1. The molecule has 1 aromatic heterocycles. The van der Waals surface area contributed by atoms with Crippen LogP contribution < -0.4 is 5.32 Å². The number of guanidine groups is 1. The number of hydrogen-bond donors (Lipinski definition) is 1. The summed E-state index contributed by atoms with van der Waals surface area (Å²) in [5.74, 6) is 1.41. The van der Waals surface area contributed by atoms with Gasteiger partial charge >= 0.3 is 0 Å². The van der Waals surface area contributed by atoms with Crippen LogP contribution in [0.25, 0.3) is 0 Å². The van der Waals surface area contributed by atoms with Gasteiger partial charge in [0.15, 0.2) is 15.8 Å². The van der Waals surface area contributed by atoms with Crippen LogP contribution in [0.5, 0.6) is 0 Å². The maximum absolute atomic E-state index is 11.5. The molecule has 2 heterocycles.